The van der Waals surface area contributed by atoms with Crippen LogP contribution in [0, 0.1) is 11.6 Å². The van der Waals surface area contributed by atoms with Crippen molar-refractivity contribution in [3.05, 3.63) is 58.1 Å². The molecule has 1 N–H and O–H groups in total. The zero-order chi connectivity index (χ0) is 14.9. The molecule has 0 unspecified atom stereocenters. The predicted molar refractivity (Wildman–Crippen MR) is 73.6 cm³/mol. The number of sulfonamides is 1. The Morgan fingerprint density at radius 2 is 1.65 bits per heavy atom. The number of hydrogen-bond acceptors (Lipinski definition) is 2. The summed E-state index contributed by atoms with van der Waals surface area (Å²) < 4.78 is 52.2. The van der Waals surface area contributed by atoms with Crippen molar-refractivity contribution in [1.82, 2.24) is 0 Å². The Morgan fingerprint density at radius 3 is 2.25 bits per heavy atom. The Labute approximate surface area is 124 Å². The lowest BCUT2D eigenvalue weighted by atomic mass is 10.3. The van der Waals surface area contributed by atoms with Gasteiger partial charge in [0.2, 0.25) is 0 Å². The van der Waals surface area contributed by atoms with Crippen molar-refractivity contribution in [1.29, 1.82) is 0 Å². The second-order valence-electron chi connectivity index (χ2n) is 3.81. The fraction of sp³-hybridized carbons (Fsp3) is 0. The molecule has 0 bridgehead atoms. The molecule has 2 aromatic carbocycles. The highest BCUT2D eigenvalue weighted by molar-refractivity contribution is 7.92. The van der Waals surface area contributed by atoms with Gasteiger partial charge in [-0.25, -0.2) is 17.2 Å². The monoisotopic (exact) mass is 337 g/mol. The standard InChI is InChI=1S/C12H7Cl2F2NO2S/c13-9-6-8(2-3-11(9)16)17-20(18,19)12-4-1-7(15)5-10(12)14/h1-6,17H. The first-order valence-corrected chi connectivity index (χ1v) is 7.46. The molecule has 3 nitrogen and oxygen atoms in total. The number of benzene rings is 2. The zero-order valence-corrected chi connectivity index (χ0v) is 12.0. The number of hydrogen-bond donors (Lipinski definition) is 1. The van der Waals surface area contributed by atoms with Crippen LogP contribution >= 0.6 is 23.2 Å². The molecule has 106 valence electrons. The molecule has 0 aromatic heterocycles. The maximum absolute atomic E-state index is 13.0. The highest BCUT2D eigenvalue weighted by Crippen LogP contribution is 2.26. The molecular formula is C12H7Cl2F2NO2S. The van der Waals surface area contributed by atoms with Gasteiger partial charge in [0.15, 0.2) is 0 Å². The van der Waals surface area contributed by atoms with Gasteiger partial charge in [0, 0.05) is 0 Å². The predicted octanol–water partition coefficient (Wildman–Crippen LogP) is 4.07. The second-order valence-corrected chi connectivity index (χ2v) is 6.27. The Kier molecular flexibility index (Phi) is 4.17. The first kappa shape index (κ1) is 15.0. The van der Waals surface area contributed by atoms with Crippen molar-refractivity contribution < 1.29 is 17.2 Å². The molecule has 0 atom stereocenters. The van der Waals surface area contributed by atoms with Gasteiger partial charge in [-0.05, 0) is 36.4 Å². The topological polar surface area (TPSA) is 46.2 Å². The van der Waals surface area contributed by atoms with Gasteiger partial charge in [0.25, 0.3) is 10.0 Å². The van der Waals surface area contributed by atoms with Gasteiger partial charge < -0.3 is 0 Å². The van der Waals surface area contributed by atoms with Crippen molar-refractivity contribution in [3.8, 4) is 0 Å². The average Bonchev–Trinajstić information content (AvgIpc) is 2.33. The summed E-state index contributed by atoms with van der Waals surface area (Å²) in [6.45, 7) is 0. The fourth-order valence-electron chi connectivity index (χ4n) is 1.46. The summed E-state index contributed by atoms with van der Waals surface area (Å²) in [5.41, 5.74) is 0.0665. The van der Waals surface area contributed by atoms with Crippen LogP contribution in [0.1, 0.15) is 0 Å². The van der Waals surface area contributed by atoms with E-state index >= 15 is 0 Å². The summed E-state index contributed by atoms with van der Waals surface area (Å²) in [4.78, 5) is -0.291. The van der Waals surface area contributed by atoms with Crippen molar-refractivity contribution >= 4 is 38.9 Å². The van der Waals surface area contributed by atoms with Crippen LogP contribution < -0.4 is 4.72 Å². The normalized spacial score (nSPS) is 11.4. The molecule has 2 rings (SSSR count). The van der Waals surface area contributed by atoms with E-state index in [0.717, 1.165) is 30.3 Å². The molecule has 0 aliphatic heterocycles. The van der Waals surface area contributed by atoms with Gasteiger partial charge in [-0.3, -0.25) is 4.72 Å². The van der Waals surface area contributed by atoms with Crippen LogP contribution in [0.25, 0.3) is 0 Å². The lowest BCUT2D eigenvalue weighted by molar-refractivity contribution is 0.599. The zero-order valence-electron chi connectivity index (χ0n) is 9.70. The first-order chi connectivity index (χ1) is 9.29. The third kappa shape index (κ3) is 3.20. The average molecular weight is 338 g/mol. The van der Waals surface area contributed by atoms with Gasteiger partial charge in [0.1, 0.15) is 16.5 Å². The molecule has 0 radical (unpaired) electrons. The minimum Gasteiger partial charge on any atom is -0.280 e. The SMILES string of the molecule is O=S(=O)(Nc1ccc(F)c(Cl)c1)c1ccc(F)cc1Cl. The third-order valence-corrected chi connectivity index (χ3v) is 4.51. The molecule has 0 spiro atoms. The van der Waals surface area contributed by atoms with E-state index in [2.05, 4.69) is 4.72 Å². The minimum atomic E-state index is -4.02. The van der Waals surface area contributed by atoms with Gasteiger partial charge in [-0.2, -0.15) is 0 Å². The van der Waals surface area contributed by atoms with Gasteiger partial charge >= 0.3 is 0 Å². The lowest BCUT2D eigenvalue weighted by Gasteiger charge is -2.10. The lowest BCUT2D eigenvalue weighted by Crippen LogP contribution is -2.13. The van der Waals surface area contributed by atoms with E-state index in [1.165, 1.54) is 6.07 Å². The van der Waals surface area contributed by atoms with Gasteiger partial charge in [-0.1, -0.05) is 23.2 Å². The van der Waals surface area contributed by atoms with Crippen LogP contribution in [-0.2, 0) is 10.0 Å². The Morgan fingerprint density at radius 1 is 0.950 bits per heavy atom. The maximum atomic E-state index is 13.0. The van der Waals surface area contributed by atoms with E-state index in [1.54, 1.807) is 0 Å². The van der Waals surface area contributed by atoms with Crippen LogP contribution in [0.5, 0.6) is 0 Å². The molecule has 0 saturated carbocycles. The first-order valence-electron chi connectivity index (χ1n) is 5.22. The summed E-state index contributed by atoms with van der Waals surface area (Å²) in [7, 11) is -4.02. The summed E-state index contributed by atoms with van der Waals surface area (Å²) >= 11 is 11.2. The quantitative estimate of drug-likeness (QED) is 0.917. The number of rotatable bonds is 3. The molecule has 0 saturated heterocycles. The molecule has 0 aliphatic carbocycles. The van der Waals surface area contributed by atoms with Gasteiger partial charge in [0.05, 0.1) is 15.7 Å². The fourth-order valence-corrected chi connectivity index (χ4v) is 3.23. The molecule has 0 heterocycles. The highest BCUT2D eigenvalue weighted by atomic mass is 35.5. The molecule has 20 heavy (non-hydrogen) atoms. The highest BCUT2D eigenvalue weighted by Gasteiger charge is 2.19. The Balaban J connectivity index is 2.38. The van der Waals surface area contributed by atoms with E-state index in [4.69, 9.17) is 23.2 Å². The Hall–Kier alpha value is -1.37. The second kappa shape index (κ2) is 5.55. The van der Waals surface area contributed by atoms with Crippen LogP contribution in [0.15, 0.2) is 41.3 Å². The Bertz CT molecular complexity index is 766. The van der Waals surface area contributed by atoms with Crippen molar-refractivity contribution in [2.24, 2.45) is 0 Å². The smallest absolute Gasteiger partial charge is 0.263 e. The largest absolute Gasteiger partial charge is 0.280 e. The molecule has 0 fully saturated rings. The molecule has 0 amide bonds. The van der Waals surface area contributed by atoms with Crippen molar-refractivity contribution in [2.45, 2.75) is 4.90 Å². The van der Waals surface area contributed by atoms with Crippen molar-refractivity contribution in [3.63, 3.8) is 0 Å². The van der Waals surface area contributed by atoms with E-state index in [0.29, 0.717) is 0 Å². The summed E-state index contributed by atoms with van der Waals surface area (Å²) in [5.74, 6) is -1.33. The van der Waals surface area contributed by atoms with Gasteiger partial charge in [-0.15, -0.1) is 0 Å². The van der Waals surface area contributed by atoms with Crippen molar-refractivity contribution in [2.75, 3.05) is 4.72 Å². The third-order valence-electron chi connectivity index (χ3n) is 2.36. The van der Waals surface area contributed by atoms with Crippen LogP contribution in [0.4, 0.5) is 14.5 Å². The molecule has 2 aromatic rings. The molecule has 8 heteroatoms. The summed E-state index contributed by atoms with van der Waals surface area (Å²) in [6, 6.07) is 6.23. The summed E-state index contributed by atoms with van der Waals surface area (Å²) in [6.07, 6.45) is 0. The number of halogens is 4. The summed E-state index contributed by atoms with van der Waals surface area (Å²) in [5, 5.41) is -0.485. The van der Waals surface area contributed by atoms with E-state index in [9.17, 15) is 17.2 Å². The van der Waals surface area contributed by atoms with Crippen LogP contribution in [0.3, 0.4) is 0 Å². The number of nitrogens with one attached hydrogen (secondary N) is 1. The van der Waals surface area contributed by atoms with E-state index in [1.807, 2.05) is 0 Å². The molecular weight excluding hydrogens is 331 g/mol. The number of anilines is 1. The van der Waals surface area contributed by atoms with E-state index < -0.39 is 21.7 Å². The van der Waals surface area contributed by atoms with Crippen LogP contribution in [-0.4, -0.2) is 8.42 Å². The minimum absolute atomic E-state index is 0.0665. The van der Waals surface area contributed by atoms with Crippen LogP contribution in [0.2, 0.25) is 10.0 Å². The molecule has 0 aliphatic rings. The maximum Gasteiger partial charge on any atom is 0.263 e. The van der Waals surface area contributed by atoms with E-state index in [-0.39, 0.29) is 20.6 Å².